The van der Waals surface area contributed by atoms with Gasteiger partial charge in [0.05, 0.1) is 0 Å². The van der Waals surface area contributed by atoms with E-state index in [1.807, 2.05) is 44.4 Å². The molecule has 1 aromatic rings. The second-order valence-electron chi connectivity index (χ2n) is 7.94. The number of nitrogens with one attached hydrogen (secondary N) is 1. The van der Waals surface area contributed by atoms with E-state index >= 15 is 0 Å². The Kier molecular flexibility index (Phi) is 5.59. The average Bonchev–Trinajstić information content (AvgIpc) is 2.52. The molecule has 1 aliphatic rings. The number of anilines is 1. The van der Waals surface area contributed by atoms with Gasteiger partial charge in [-0.15, -0.1) is 0 Å². The van der Waals surface area contributed by atoms with Crippen molar-refractivity contribution in [3.8, 4) is 0 Å². The summed E-state index contributed by atoms with van der Waals surface area (Å²) in [6.45, 7) is 10.7. The molecule has 26 heavy (non-hydrogen) atoms. The number of urea groups is 1. The van der Waals surface area contributed by atoms with E-state index in [1.54, 1.807) is 24.3 Å². The van der Waals surface area contributed by atoms with Crippen LogP contribution in [0, 0.1) is 5.41 Å². The zero-order valence-electron chi connectivity index (χ0n) is 16.1. The molecule has 7 nitrogen and oxygen atoms in total. The van der Waals surface area contributed by atoms with Gasteiger partial charge >= 0.3 is 6.03 Å². The molecule has 2 rings (SSSR count). The Balaban J connectivity index is 2.12. The van der Waals surface area contributed by atoms with Crippen LogP contribution in [0.5, 0.6) is 0 Å². The van der Waals surface area contributed by atoms with Gasteiger partial charge in [-0.05, 0) is 38.1 Å². The monoisotopic (exact) mass is 360 g/mol. The van der Waals surface area contributed by atoms with Gasteiger partial charge < -0.3 is 20.9 Å². The topological polar surface area (TPSA) is 95.7 Å². The molecule has 0 spiro atoms. The third kappa shape index (κ3) is 4.33. The normalized spacial score (nSPS) is 20.7. The van der Waals surface area contributed by atoms with E-state index in [9.17, 15) is 14.4 Å². The lowest BCUT2D eigenvalue weighted by molar-refractivity contribution is -0.143. The van der Waals surface area contributed by atoms with Crippen molar-refractivity contribution >= 4 is 23.5 Å². The molecule has 142 valence electrons. The minimum atomic E-state index is -0.647. The standard InChI is InChI=1S/C19H28N4O3/c1-12-10-22(17(25)19(3,4)5)11-13(2)23(12)16(24)14-6-8-15(9-7-14)21-18(20)26/h6-9,12-13H,10-11H2,1-5H3,(H3,20,21,26)/t12-,13-/m0/s1. The Labute approximate surface area is 154 Å². The molecule has 0 aliphatic carbocycles. The number of nitrogens with two attached hydrogens (primary N) is 1. The zero-order valence-corrected chi connectivity index (χ0v) is 16.1. The van der Waals surface area contributed by atoms with Crippen molar-refractivity contribution in [2.24, 2.45) is 11.1 Å². The van der Waals surface area contributed by atoms with Crippen LogP contribution in [-0.2, 0) is 4.79 Å². The van der Waals surface area contributed by atoms with E-state index in [0.29, 0.717) is 24.3 Å². The molecule has 7 heteroatoms. The number of amides is 4. The van der Waals surface area contributed by atoms with Crippen molar-refractivity contribution in [2.75, 3.05) is 18.4 Å². The van der Waals surface area contributed by atoms with Gasteiger partial charge in [0.2, 0.25) is 5.91 Å². The van der Waals surface area contributed by atoms with Gasteiger partial charge in [0, 0.05) is 41.8 Å². The molecular weight excluding hydrogens is 332 g/mol. The van der Waals surface area contributed by atoms with Crippen molar-refractivity contribution in [3.05, 3.63) is 29.8 Å². The smallest absolute Gasteiger partial charge is 0.316 e. The number of nitrogens with zero attached hydrogens (tertiary/aromatic N) is 2. The summed E-state index contributed by atoms with van der Waals surface area (Å²) < 4.78 is 0. The summed E-state index contributed by atoms with van der Waals surface area (Å²) in [4.78, 5) is 40.0. The van der Waals surface area contributed by atoms with Gasteiger partial charge in [0.1, 0.15) is 0 Å². The summed E-state index contributed by atoms with van der Waals surface area (Å²) in [5, 5.41) is 2.47. The predicted octanol–water partition coefficient (Wildman–Crippen LogP) is 2.28. The van der Waals surface area contributed by atoms with E-state index in [0.717, 1.165) is 0 Å². The number of carbonyl (C=O) groups is 3. The number of rotatable bonds is 2. The van der Waals surface area contributed by atoms with E-state index in [2.05, 4.69) is 5.32 Å². The number of benzene rings is 1. The fourth-order valence-electron chi connectivity index (χ4n) is 3.35. The van der Waals surface area contributed by atoms with Gasteiger partial charge in [-0.3, -0.25) is 9.59 Å². The fraction of sp³-hybridized carbons (Fsp3) is 0.526. The Morgan fingerprint density at radius 3 is 1.96 bits per heavy atom. The van der Waals surface area contributed by atoms with Crippen LogP contribution in [0.15, 0.2) is 24.3 Å². The molecule has 3 N–H and O–H groups in total. The summed E-state index contributed by atoms with van der Waals surface area (Å²) in [5.74, 6) is 0.0173. The van der Waals surface area contributed by atoms with Crippen molar-refractivity contribution in [3.63, 3.8) is 0 Å². The molecule has 0 aromatic heterocycles. The van der Waals surface area contributed by atoms with Gasteiger partial charge in [0.25, 0.3) is 5.91 Å². The highest BCUT2D eigenvalue weighted by Crippen LogP contribution is 2.24. The van der Waals surface area contributed by atoms with Crippen LogP contribution in [0.1, 0.15) is 45.0 Å². The maximum absolute atomic E-state index is 12.9. The average molecular weight is 360 g/mol. The van der Waals surface area contributed by atoms with Crippen LogP contribution < -0.4 is 11.1 Å². The fourth-order valence-corrected chi connectivity index (χ4v) is 3.35. The minimum absolute atomic E-state index is 0.0824. The first-order valence-electron chi connectivity index (χ1n) is 8.79. The molecule has 1 aromatic carbocycles. The quantitative estimate of drug-likeness (QED) is 0.847. The van der Waals surface area contributed by atoms with Gasteiger partial charge in [0.15, 0.2) is 0 Å². The first kappa shape index (κ1) is 19.8. The Bertz CT molecular complexity index is 682. The Morgan fingerprint density at radius 1 is 1.04 bits per heavy atom. The predicted molar refractivity (Wildman–Crippen MR) is 101 cm³/mol. The minimum Gasteiger partial charge on any atom is -0.351 e. The third-order valence-corrected chi connectivity index (χ3v) is 4.48. The number of primary amides is 1. The maximum Gasteiger partial charge on any atom is 0.316 e. The molecular formula is C19H28N4O3. The Hall–Kier alpha value is -2.57. The van der Waals surface area contributed by atoms with E-state index < -0.39 is 11.4 Å². The molecule has 0 bridgehead atoms. The van der Waals surface area contributed by atoms with Gasteiger partial charge in [-0.25, -0.2) is 4.79 Å². The Morgan fingerprint density at radius 2 is 1.54 bits per heavy atom. The van der Waals surface area contributed by atoms with Crippen molar-refractivity contribution in [1.82, 2.24) is 9.80 Å². The summed E-state index contributed by atoms with van der Waals surface area (Å²) in [5.41, 5.74) is 5.72. The number of hydrogen-bond acceptors (Lipinski definition) is 3. The summed E-state index contributed by atoms with van der Waals surface area (Å²) in [6.07, 6.45) is 0. The van der Waals surface area contributed by atoms with E-state index in [1.165, 1.54) is 0 Å². The van der Waals surface area contributed by atoms with Crippen LogP contribution in [0.25, 0.3) is 0 Å². The van der Waals surface area contributed by atoms with E-state index in [4.69, 9.17) is 5.73 Å². The maximum atomic E-state index is 12.9. The summed E-state index contributed by atoms with van der Waals surface area (Å²) >= 11 is 0. The van der Waals surface area contributed by atoms with Crippen molar-refractivity contribution < 1.29 is 14.4 Å². The highest BCUT2D eigenvalue weighted by atomic mass is 16.2. The molecule has 1 heterocycles. The van der Waals surface area contributed by atoms with E-state index in [-0.39, 0.29) is 23.9 Å². The molecule has 4 amide bonds. The molecule has 1 fully saturated rings. The molecule has 0 saturated carbocycles. The molecule has 0 unspecified atom stereocenters. The molecule has 1 saturated heterocycles. The van der Waals surface area contributed by atoms with Gasteiger partial charge in [-0.2, -0.15) is 0 Å². The molecule has 0 radical (unpaired) electrons. The summed E-state index contributed by atoms with van der Waals surface area (Å²) in [6, 6.07) is 5.81. The number of piperazine rings is 1. The van der Waals surface area contributed by atoms with Crippen LogP contribution in [0.3, 0.4) is 0 Å². The number of carbonyl (C=O) groups excluding carboxylic acids is 3. The first-order valence-corrected chi connectivity index (χ1v) is 8.79. The second-order valence-corrected chi connectivity index (χ2v) is 7.94. The van der Waals surface area contributed by atoms with Crippen LogP contribution in [-0.4, -0.2) is 52.8 Å². The largest absolute Gasteiger partial charge is 0.351 e. The first-order chi connectivity index (χ1) is 12.0. The lowest BCUT2D eigenvalue weighted by atomic mass is 9.93. The van der Waals surface area contributed by atoms with Crippen LogP contribution >= 0.6 is 0 Å². The highest BCUT2D eigenvalue weighted by molar-refractivity contribution is 5.96. The van der Waals surface area contributed by atoms with Crippen molar-refractivity contribution in [1.29, 1.82) is 0 Å². The second kappa shape index (κ2) is 7.35. The van der Waals surface area contributed by atoms with Gasteiger partial charge in [-0.1, -0.05) is 20.8 Å². The molecule has 2 atom stereocenters. The SMILES string of the molecule is C[C@H]1CN(C(=O)C(C)(C)C)C[C@H](C)N1C(=O)c1ccc(NC(N)=O)cc1. The van der Waals surface area contributed by atoms with Crippen molar-refractivity contribution in [2.45, 2.75) is 46.7 Å². The zero-order chi connectivity index (χ0) is 19.6. The molecule has 1 aliphatic heterocycles. The van der Waals surface area contributed by atoms with Crippen LogP contribution in [0.4, 0.5) is 10.5 Å². The van der Waals surface area contributed by atoms with Crippen LogP contribution in [0.2, 0.25) is 0 Å². The third-order valence-electron chi connectivity index (χ3n) is 4.48. The highest BCUT2D eigenvalue weighted by Gasteiger charge is 2.38. The summed E-state index contributed by atoms with van der Waals surface area (Å²) in [7, 11) is 0. The lowest BCUT2D eigenvalue weighted by Gasteiger charge is -2.46. The number of hydrogen-bond donors (Lipinski definition) is 2. The lowest BCUT2D eigenvalue weighted by Crippen LogP contribution is -2.61.